The van der Waals surface area contributed by atoms with Crippen molar-refractivity contribution in [3.8, 4) is 17.2 Å². The molecular weight excluding hydrogens is 506 g/mol. The molecule has 10 nitrogen and oxygen atoms in total. The van der Waals surface area contributed by atoms with Crippen LogP contribution in [0.25, 0.3) is 0 Å². The first-order valence-corrected chi connectivity index (χ1v) is 13.0. The van der Waals surface area contributed by atoms with Crippen molar-refractivity contribution in [1.82, 2.24) is 0 Å². The zero-order valence-corrected chi connectivity index (χ0v) is 22.7. The molecule has 0 fully saturated rings. The standard InChI is InChI=1S/C29H37NO9/c1-4-6-13-25(31)38-23-16-15-21(19-24(23)39-26(32)14-7-5-2)20-29(30,27(33)35-3)17-18-36-28(34)37-22-11-9-8-10-12-22/h8-12,15-16,19H,4-7,13-14,17-18,20,30H2,1-3H3/t29-/m1/s1. The van der Waals surface area contributed by atoms with Gasteiger partial charge in [0.2, 0.25) is 0 Å². The highest BCUT2D eigenvalue weighted by atomic mass is 16.7. The molecule has 0 aliphatic heterocycles. The lowest BCUT2D eigenvalue weighted by molar-refractivity contribution is -0.147. The lowest BCUT2D eigenvalue weighted by atomic mass is 9.88. The average molecular weight is 544 g/mol. The molecule has 0 radical (unpaired) electrons. The number of ether oxygens (including phenoxy) is 5. The van der Waals surface area contributed by atoms with Crippen LogP contribution in [0.2, 0.25) is 0 Å². The topological polar surface area (TPSA) is 140 Å². The van der Waals surface area contributed by atoms with Gasteiger partial charge in [0.05, 0.1) is 13.7 Å². The molecule has 0 spiro atoms. The summed E-state index contributed by atoms with van der Waals surface area (Å²) in [6.45, 7) is 3.69. The Morgan fingerprint density at radius 1 is 0.821 bits per heavy atom. The molecular formula is C29H37NO9. The second kappa shape index (κ2) is 16.1. The highest BCUT2D eigenvalue weighted by Crippen LogP contribution is 2.31. The monoisotopic (exact) mass is 543 g/mol. The minimum absolute atomic E-state index is 0.0413. The van der Waals surface area contributed by atoms with Gasteiger partial charge in [-0.2, -0.15) is 0 Å². The maximum atomic E-state index is 12.6. The number of carbonyl (C=O) groups is 4. The molecule has 0 heterocycles. The van der Waals surface area contributed by atoms with E-state index in [2.05, 4.69) is 0 Å². The largest absolute Gasteiger partial charge is 0.513 e. The summed E-state index contributed by atoms with van der Waals surface area (Å²) in [5, 5.41) is 0. The van der Waals surface area contributed by atoms with Crippen molar-refractivity contribution in [2.75, 3.05) is 13.7 Å². The van der Waals surface area contributed by atoms with Crippen LogP contribution in [0, 0.1) is 0 Å². The van der Waals surface area contributed by atoms with E-state index < -0.39 is 29.6 Å². The molecule has 0 aliphatic carbocycles. The van der Waals surface area contributed by atoms with Crippen LogP contribution in [-0.4, -0.2) is 43.3 Å². The van der Waals surface area contributed by atoms with Crippen molar-refractivity contribution in [2.45, 2.75) is 70.8 Å². The lowest BCUT2D eigenvalue weighted by Crippen LogP contribution is -2.51. The number of carbonyl (C=O) groups excluding carboxylic acids is 4. The van der Waals surface area contributed by atoms with Gasteiger partial charge in [-0.25, -0.2) is 4.79 Å². The van der Waals surface area contributed by atoms with Crippen molar-refractivity contribution in [3.05, 3.63) is 54.1 Å². The van der Waals surface area contributed by atoms with Gasteiger partial charge >= 0.3 is 24.1 Å². The van der Waals surface area contributed by atoms with E-state index in [0.29, 0.717) is 24.2 Å². The van der Waals surface area contributed by atoms with E-state index in [9.17, 15) is 19.2 Å². The number of para-hydroxylation sites is 1. The van der Waals surface area contributed by atoms with Crippen LogP contribution in [-0.2, 0) is 30.3 Å². The zero-order valence-electron chi connectivity index (χ0n) is 22.7. The molecule has 10 heteroatoms. The summed E-state index contributed by atoms with van der Waals surface area (Å²) in [5.74, 6) is -1.19. The SMILES string of the molecule is CCCCC(=O)Oc1ccc(C[C@](N)(CCOC(=O)Oc2ccccc2)C(=O)OC)cc1OC(=O)CCCC. The normalized spacial score (nSPS) is 12.1. The highest BCUT2D eigenvalue weighted by Gasteiger charge is 2.36. The van der Waals surface area contributed by atoms with Gasteiger partial charge in [0.15, 0.2) is 11.5 Å². The van der Waals surface area contributed by atoms with Crippen LogP contribution in [0.5, 0.6) is 17.2 Å². The molecule has 0 amide bonds. The van der Waals surface area contributed by atoms with E-state index in [0.717, 1.165) is 12.8 Å². The van der Waals surface area contributed by atoms with Crippen molar-refractivity contribution < 1.29 is 42.9 Å². The van der Waals surface area contributed by atoms with Crippen molar-refractivity contribution in [2.24, 2.45) is 5.73 Å². The minimum atomic E-state index is -1.58. The predicted molar refractivity (Wildman–Crippen MR) is 142 cm³/mol. The molecule has 0 unspecified atom stereocenters. The second-order valence-electron chi connectivity index (χ2n) is 9.02. The van der Waals surface area contributed by atoms with Gasteiger partial charge in [-0.1, -0.05) is 51.0 Å². The van der Waals surface area contributed by atoms with Crippen molar-refractivity contribution in [1.29, 1.82) is 0 Å². The Balaban J connectivity index is 2.17. The summed E-state index contributed by atoms with van der Waals surface area (Å²) < 4.78 is 26.0. The van der Waals surface area contributed by atoms with Gasteiger partial charge < -0.3 is 29.4 Å². The molecule has 212 valence electrons. The number of hydrogen-bond donors (Lipinski definition) is 1. The Morgan fingerprint density at radius 2 is 1.44 bits per heavy atom. The number of unbranched alkanes of at least 4 members (excludes halogenated alkanes) is 2. The Labute approximate surface area is 228 Å². The van der Waals surface area contributed by atoms with Gasteiger partial charge in [0, 0.05) is 25.7 Å². The summed E-state index contributed by atoms with van der Waals surface area (Å²) in [7, 11) is 1.20. The van der Waals surface area contributed by atoms with Gasteiger partial charge in [-0.3, -0.25) is 14.4 Å². The smallest absolute Gasteiger partial charge is 0.468 e. The Kier molecular flexibility index (Phi) is 12.9. The molecule has 0 aromatic heterocycles. The highest BCUT2D eigenvalue weighted by molar-refractivity contribution is 5.81. The van der Waals surface area contributed by atoms with Crippen LogP contribution < -0.4 is 19.9 Å². The Hall–Kier alpha value is -3.92. The first kappa shape index (κ1) is 31.3. The molecule has 1 atom stereocenters. The van der Waals surface area contributed by atoms with Crippen LogP contribution >= 0.6 is 0 Å². The molecule has 0 aliphatic rings. The molecule has 2 N–H and O–H groups in total. The molecule has 2 rings (SSSR count). The summed E-state index contributed by atoms with van der Waals surface area (Å²) in [6.07, 6.45) is 2.30. The maximum Gasteiger partial charge on any atom is 0.513 e. The molecule has 2 aromatic carbocycles. The number of benzene rings is 2. The predicted octanol–water partition coefficient (Wildman–Crippen LogP) is 4.90. The van der Waals surface area contributed by atoms with Gasteiger partial charge in [-0.05, 0) is 42.7 Å². The quantitative estimate of drug-likeness (QED) is 0.187. The third kappa shape index (κ3) is 10.8. The fourth-order valence-electron chi connectivity index (χ4n) is 3.58. The average Bonchev–Trinajstić information content (AvgIpc) is 2.92. The zero-order chi connectivity index (χ0) is 28.7. The van der Waals surface area contributed by atoms with E-state index in [1.165, 1.54) is 19.2 Å². The summed E-state index contributed by atoms with van der Waals surface area (Å²) >= 11 is 0. The third-order valence-electron chi connectivity index (χ3n) is 5.75. The number of rotatable bonds is 15. The number of hydrogen-bond acceptors (Lipinski definition) is 10. The second-order valence-corrected chi connectivity index (χ2v) is 9.02. The van der Waals surface area contributed by atoms with Gasteiger partial charge in [0.25, 0.3) is 0 Å². The Bertz CT molecular complexity index is 1100. The van der Waals surface area contributed by atoms with Crippen LogP contribution in [0.1, 0.15) is 64.4 Å². The number of nitrogens with two attached hydrogens (primary N) is 1. The summed E-state index contributed by atoms with van der Waals surface area (Å²) in [6, 6.07) is 13.0. The third-order valence-corrected chi connectivity index (χ3v) is 5.75. The Morgan fingerprint density at radius 3 is 2.03 bits per heavy atom. The molecule has 0 bridgehead atoms. The maximum absolute atomic E-state index is 12.6. The fourth-order valence-corrected chi connectivity index (χ4v) is 3.58. The van der Waals surface area contributed by atoms with Crippen molar-refractivity contribution >= 4 is 24.1 Å². The van der Waals surface area contributed by atoms with E-state index >= 15 is 0 Å². The number of methoxy groups -OCH3 is 1. The van der Waals surface area contributed by atoms with Crippen LogP contribution in [0.3, 0.4) is 0 Å². The first-order valence-electron chi connectivity index (χ1n) is 13.0. The van der Waals surface area contributed by atoms with E-state index in [-0.39, 0.29) is 43.8 Å². The van der Waals surface area contributed by atoms with E-state index in [1.54, 1.807) is 36.4 Å². The fraction of sp³-hybridized carbons (Fsp3) is 0.448. The molecule has 2 aromatic rings. The summed E-state index contributed by atoms with van der Waals surface area (Å²) in [5.41, 5.74) is 5.35. The van der Waals surface area contributed by atoms with Gasteiger partial charge in [-0.15, -0.1) is 0 Å². The van der Waals surface area contributed by atoms with E-state index in [4.69, 9.17) is 29.4 Å². The number of esters is 3. The molecule has 0 saturated carbocycles. The minimum Gasteiger partial charge on any atom is -0.468 e. The van der Waals surface area contributed by atoms with Crippen molar-refractivity contribution in [3.63, 3.8) is 0 Å². The van der Waals surface area contributed by atoms with Gasteiger partial charge in [0.1, 0.15) is 11.3 Å². The van der Waals surface area contributed by atoms with Crippen LogP contribution in [0.15, 0.2) is 48.5 Å². The van der Waals surface area contributed by atoms with E-state index in [1.807, 2.05) is 13.8 Å². The molecule has 39 heavy (non-hydrogen) atoms. The molecule has 0 saturated heterocycles. The first-order chi connectivity index (χ1) is 18.7. The summed E-state index contributed by atoms with van der Waals surface area (Å²) in [4.78, 5) is 49.2. The van der Waals surface area contributed by atoms with Crippen LogP contribution in [0.4, 0.5) is 4.79 Å². The lowest BCUT2D eigenvalue weighted by Gasteiger charge is -2.26.